The van der Waals surface area contributed by atoms with Crippen LogP contribution in [-0.2, 0) is 16.0 Å². The number of hydrogen-bond donors (Lipinski definition) is 4. The Labute approximate surface area is 227 Å². The molecule has 4 aromatic rings. The number of H-pyrrole nitrogens is 2. The molecule has 1 aliphatic carbocycles. The van der Waals surface area contributed by atoms with Crippen molar-refractivity contribution in [2.24, 2.45) is 5.41 Å². The summed E-state index contributed by atoms with van der Waals surface area (Å²) < 4.78 is 6.59. The summed E-state index contributed by atoms with van der Waals surface area (Å²) in [4.78, 5) is 27.8. The van der Waals surface area contributed by atoms with Crippen molar-refractivity contribution < 1.29 is 19.4 Å². The number of carboxylic acid groups (broad SMARTS) is 1. The van der Waals surface area contributed by atoms with Crippen molar-refractivity contribution in [1.29, 1.82) is 0 Å². The summed E-state index contributed by atoms with van der Waals surface area (Å²) in [5.41, 5.74) is 3.83. The number of aromatic nitrogens is 5. The molecule has 0 spiro atoms. The molecule has 5 rings (SSSR count). The lowest BCUT2D eigenvalue weighted by molar-refractivity contribution is -0.148. The quantitative estimate of drug-likeness (QED) is 0.205. The van der Waals surface area contributed by atoms with Gasteiger partial charge in [0.05, 0.1) is 15.6 Å². The first-order valence-corrected chi connectivity index (χ1v) is 13.5. The fraction of sp³-hybridized carbons (Fsp3) is 0.370. The molecule has 1 aliphatic rings. The first kappa shape index (κ1) is 25.9. The van der Waals surface area contributed by atoms with Crippen LogP contribution in [0.3, 0.4) is 0 Å². The van der Waals surface area contributed by atoms with Gasteiger partial charge in [-0.1, -0.05) is 50.1 Å². The number of carboxylic acids is 1. The van der Waals surface area contributed by atoms with Crippen LogP contribution in [0.4, 0.5) is 4.79 Å². The van der Waals surface area contributed by atoms with Gasteiger partial charge in [0.2, 0.25) is 0 Å². The predicted octanol–water partition coefficient (Wildman–Crippen LogP) is 5.47. The second-order valence-electron chi connectivity index (χ2n) is 9.78. The standard InChI is InChI=1S/C27H29BrN6O4/c1-2-17(38-26(37)29-15-27(25(35)36)11-5-6-12-27)13-16-9-10-21-20(14-16)22(28)23(30-21)18-7-3-4-8-19(18)24-31-33-34-32-24/h3-4,7-10,14,17,30H,2,5-6,11-13,15H2,1H3,(H,29,37)(H,35,36)(H,31,32,33,34). The number of alkyl carbamates (subject to hydrolysis) is 1. The number of nitrogens with zero attached hydrogens (tertiary/aromatic N) is 3. The van der Waals surface area contributed by atoms with E-state index in [-0.39, 0.29) is 12.6 Å². The van der Waals surface area contributed by atoms with Crippen LogP contribution in [0.15, 0.2) is 46.9 Å². The van der Waals surface area contributed by atoms with Crippen LogP contribution in [0.25, 0.3) is 33.5 Å². The molecule has 4 N–H and O–H groups in total. The van der Waals surface area contributed by atoms with Gasteiger partial charge in [-0.3, -0.25) is 4.79 Å². The molecule has 0 bridgehead atoms. The molecular formula is C27H29BrN6O4. The highest BCUT2D eigenvalue weighted by Gasteiger charge is 2.41. The minimum Gasteiger partial charge on any atom is -0.481 e. The number of hydrogen-bond acceptors (Lipinski definition) is 6. The molecule has 1 amide bonds. The third kappa shape index (κ3) is 5.15. The van der Waals surface area contributed by atoms with E-state index in [0.717, 1.165) is 50.6 Å². The number of benzene rings is 2. The maximum atomic E-state index is 12.5. The van der Waals surface area contributed by atoms with Crippen molar-refractivity contribution >= 4 is 38.9 Å². The van der Waals surface area contributed by atoms with Gasteiger partial charge < -0.3 is 20.1 Å². The van der Waals surface area contributed by atoms with Crippen LogP contribution >= 0.6 is 15.9 Å². The Morgan fingerprint density at radius 1 is 1.18 bits per heavy atom. The maximum absolute atomic E-state index is 12.5. The van der Waals surface area contributed by atoms with Gasteiger partial charge in [0, 0.05) is 35.0 Å². The van der Waals surface area contributed by atoms with Crippen molar-refractivity contribution in [3.05, 3.63) is 52.5 Å². The van der Waals surface area contributed by atoms with Gasteiger partial charge in [0.1, 0.15) is 6.10 Å². The number of fused-ring (bicyclic) bond motifs is 1. The molecule has 1 unspecified atom stereocenters. The Kier molecular flexibility index (Phi) is 7.46. The Balaban J connectivity index is 1.31. The third-order valence-electron chi connectivity index (χ3n) is 7.37. The molecule has 0 radical (unpaired) electrons. The molecule has 11 heteroatoms. The summed E-state index contributed by atoms with van der Waals surface area (Å²) in [5.74, 6) is -0.275. The number of ether oxygens (including phenoxy) is 1. The summed E-state index contributed by atoms with van der Waals surface area (Å²) in [6, 6.07) is 14.0. The van der Waals surface area contributed by atoms with Gasteiger partial charge in [-0.05, 0) is 63.3 Å². The van der Waals surface area contributed by atoms with E-state index in [9.17, 15) is 14.7 Å². The van der Waals surface area contributed by atoms with Crippen LogP contribution in [0.1, 0.15) is 44.6 Å². The van der Waals surface area contributed by atoms with Crippen molar-refractivity contribution in [2.45, 2.75) is 51.6 Å². The maximum Gasteiger partial charge on any atom is 0.407 e. The number of carbonyl (C=O) groups is 2. The number of rotatable bonds is 9. The average molecular weight is 581 g/mol. The number of amides is 1. The van der Waals surface area contributed by atoms with Gasteiger partial charge in [-0.15, -0.1) is 5.10 Å². The Hall–Kier alpha value is -3.73. The molecule has 38 heavy (non-hydrogen) atoms. The molecular weight excluding hydrogens is 552 g/mol. The molecule has 198 valence electrons. The normalized spacial score (nSPS) is 15.4. The lowest BCUT2D eigenvalue weighted by atomic mass is 9.86. The molecule has 2 aromatic heterocycles. The van der Waals surface area contributed by atoms with Crippen molar-refractivity contribution in [2.75, 3.05) is 6.54 Å². The van der Waals surface area contributed by atoms with Gasteiger partial charge in [0.25, 0.3) is 0 Å². The molecule has 1 saturated carbocycles. The average Bonchev–Trinajstić information content (AvgIpc) is 3.69. The topological polar surface area (TPSA) is 146 Å². The zero-order valence-electron chi connectivity index (χ0n) is 21.0. The van der Waals surface area contributed by atoms with Gasteiger partial charge in [-0.25, -0.2) is 9.89 Å². The number of tetrazole rings is 1. The van der Waals surface area contributed by atoms with E-state index in [2.05, 4.69) is 52.9 Å². The Bertz CT molecular complexity index is 1450. The summed E-state index contributed by atoms with van der Waals surface area (Å²) in [5, 5.41) is 27.6. The summed E-state index contributed by atoms with van der Waals surface area (Å²) in [7, 11) is 0. The van der Waals surface area contributed by atoms with E-state index in [0.29, 0.717) is 31.5 Å². The predicted molar refractivity (Wildman–Crippen MR) is 145 cm³/mol. The minimum atomic E-state index is -0.882. The van der Waals surface area contributed by atoms with Crippen molar-refractivity contribution in [3.8, 4) is 22.6 Å². The number of aliphatic carboxylic acids is 1. The van der Waals surface area contributed by atoms with Crippen LogP contribution in [0.5, 0.6) is 0 Å². The highest BCUT2D eigenvalue weighted by molar-refractivity contribution is 9.10. The molecule has 2 heterocycles. The van der Waals surface area contributed by atoms with Gasteiger partial charge >= 0.3 is 12.1 Å². The first-order chi connectivity index (χ1) is 18.4. The van der Waals surface area contributed by atoms with Crippen LogP contribution < -0.4 is 5.32 Å². The second kappa shape index (κ2) is 10.9. The van der Waals surface area contributed by atoms with E-state index in [1.165, 1.54) is 0 Å². The lowest BCUT2D eigenvalue weighted by Gasteiger charge is -2.24. The van der Waals surface area contributed by atoms with E-state index >= 15 is 0 Å². The third-order valence-corrected chi connectivity index (χ3v) is 8.20. The fourth-order valence-corrected chi connectivity index (χ4v) is 5.83. The largest absolute Gasteiger partial charge is 0.481 e. The number of nitrogens with one attached hydrogen (secondary N) is 3. The van der Waals surface area contributed by atoms with E-state index in [1.807, 2.05) is 43.3 Å². The van der Waals surface area contributed by atoms with E-state index in [4.69, 9.17) is 4.74 Å². The highest BCUT2D eigenvalue weighted by Crippen LogP contribution is 2.39. The SMILES string of the molecule is CCC(Cc1ccc2[nH]c(-c3ccccc3-c3nnn[nH]3)c(Br)c2c1)OC(=O)NCC1(C(=O)O)CCCC1. The molecule has 0 aliphatic heterocycles. The first-order valence-electron chi connectivity index (χ1n) is 12.7. The van der Waals surface area contributed by atoms with Crippen molar-refractivity contribution in [1.82, 2.24) is 30.9 Å². The number of aromatic amines is 2. The van der Waals surface area contributed by atoms with E-state index in [1.54, 1.807) is 0 Å². The highest BCUT2D eigenvalue weighted by atomic mass is 79.9. The molecule has 2 aromatic carbocycles. The minimum absolute atomic E-state index is 0.0915. The lowest BCUT2D eigenvalue weighted by Crippen LogP contribution is -2.42. The monoisotopic (exact) mass is 580 g/mol. The summed E-state index contributed by atoms with van der Waals surface area (Å²) in [6.07, 6.45) is 3.14. The summed E-state index contributed by atoms with van der Waals surface area (Å²) >= 11 is 3.78. The van der Waals surface area contributed by atoms with Gasteiger partial charge in [0.15, 0.2) is 5.82 Å². The van der Waals surface area contributed by atoms with Crippen LogP contribution in [0.2, 0.25) is 0 Å². The molecule has 0 saturated heterocycles. The van der Waals surface area contributed by atoms with E-state index < -0.39 is 17.5 Å². The molecule has 1 atom stereocenters. The fourth-order valence-electron chi connectivity index (χ4n) is 5.18. The van der Waals surface area contributed by atoms with Crippen LogP contribution in [0, 0.1) is 5.41 Å². The molecule has 10 nitrogen and oxygen atoms in total. The smallest absolute Gasteiger partial charge is 0.407 e. The zero-order valence-corrected chi connectivity index (χ0v) is 22.5. The van der Waals surface area contributed by atoms with Crippen LogP contribution in [-0.4, -0.2) is 55.4 Å². The number of carbonyl (C=O) groups excluding carboxylic acids is 1. The summed E-state index contributed by atoms with van der Waals surface area (Å²) in [6.45, 7) is 2.06. The molecule has 1 fully saturated rings. The Morgan fingerprint density at radius 3 is 2.63 bits per heavy atom. The van der Waals surface area contributed by atoms with Gasteiger partial charge in [-0.2, -0.15) is 0 Å². The zero-order chi connectivity index (χ0) is 26.7. The van der Waals surface area contributed by atoms with Crippen molar-refractivity contribution in [3.63, 3.8) is 0 Å². The number of halogens is 1. The Morgan fingerprint density at radius 2 is 1.95 bits per heavy atom. The second-order valence-corrected chi connectivity index (χ2v) is 10.6.